The third-order valence-corrected chi connectivity index (χ3v) is 1.81. The van der Waals surface area contributed by atoms with Crippen LogP contribution in [0.25, 0.3) is 5.65 Å². The van der Waals surface area contributed by atoms with Crippen LogP contribution in [0.4, 0.5) is 0 Å². The summed E-state index contributed by atoms with van der Waals surface area (Å²) in [7, 11) is 5.61. The lowest BCUT2D eigenvalue weighted by Gasteiger charge is -1.97. The van der Waals surface area contributed by atoms with Gasteiger partial charge in [-0.1, -0.05) is 5.46 Å². The highest BCUT2D eigenvalue weighted by Gasteiger charge is 2.03. The second-order valence-electron chi connectivity index (χ2n) is 2.91. The zero-order chi connectivity index (χ0) is 9.42. The van der Waals surface area contributed by atoms with E-state index < -0.39 is 0 Å². The Kier molecular flexibility index (Phi) is 1.59. The van der Waals surface area contributed by atoms with Crippen LogP contribution < -0.4 is 5.46 Å². The van der Waals surface area contributed by atoms with Crippen molar-refractivity contribution in [1.29, 1.82) is 5.26 Å². The lowest BCUT2D eigenvalue weighted by molar-refractivity contribution is 1.19. The molecule has 2 rings (SSSR count). The van der Waals surface area contributed by atoms with Gasteiger partial charge < -0.3 is 4.40 Å². The van der Waals surface area contributed by atoms with Crippen LogP contribution in [0, 0.1) is 18.3 Å². The van der Waals surface area contributed by atoms with E-state index in [1.54, 1.807) is 16.7 Å². The zero-order valence-corrected chi connectivity index (χ0v) is 7.15. The van der Waals surface area contributed by atoms with E-state index in [4.69, 9.17) is 13.1 Å². The lowest BCUT2D eigenvalue weighted by Crippen LogP contribution is -2.06. The largest absolute Gasteiger partial charge is 0.306 e. The first kappa shape index (κ1) is 7.87. The summed E-state index contributed by atoms with van der Waals surface area (Å²) >= 11 is 0. The third kappa shape index (κ3) is 1.18. The maximum absolute atomic E-state index is 8.81. The number of nitrogens with zero attached hydrogens (tertiary/aromatic N) is 3. The van der Waals surface area contributed by atoms with Crippen molar-refractivity contribution in [3.05, 3.63) is 29.7 Å². The standard InChI is InChI=1S/C9H6BN3/c1-6-4-13-5-8(10)2-7(3-11)9(13)12-6/h2,4-5H,1H3. The van der Waals surface area contributed by atoms with Gasteiger partial charge in [0.05, 0.1) is 11.3 Å². The molecular formula is C9H6BN3. The normalized spacial score (nSPS) is 10.2. The Bertz CT molecular complexity index is 507. The minimum Gasteiger partial charge on any atom is -0.306 e. The van der Waals surface area contributed by atoms with Crippen LogP contribution in [0.1, 0.15) is 11.3 Å². The van der Waals surface area contributed by atoms with Crippen LogP contribution in [0.5, 0.6) is 0 Å². The highest BCUT2D eigenvalue weighted by molar-refractivity contribution is 6.32. The maximum Gasteiger partial charge on any atom is 0.154 e. The van der Waals surface area contributed by atoms with Crippen LogP contribution in [-0.2, 0) is 0 Å². The number of nitriles is 1. The molecule has 13 heavy (non-hydrogen) atoms. The summed E-state index contributed by atoms with van der Waals surface area (Å²) in [5, 5.41) is 8.81. The van der Waals surface area contributed by atoms with E-state index in [0.717, 1.165) is 5.69 Å². The van der Waals surface area contributed by atoms with Crippen molar-refractivity contribution in [2.24, 2.45) is 0 Å². The van der Waals surface area contributed by atoms with Gasteiger partial charge in [0.25, 0.3) is 0 Å². The van der Waals surface area contributed by atoms with Gasteiger partial charge in [-0.2, -0.15) is 5.26 Å². The number of imidazole rings is 1. The molecule has 0 aliphatic rings. The molecule has 0 saturated carbocycles. The van der Waals surface area contributed by atoms with Gasteiger partial charge in [-0.15, -0.1) is 0 Å². The monoisotopic (exact) mass is 167 g/mol. The van der Waals surface area contributed by atoms with E-state index >= 15 is 0 Å². The Balaban J connectivity index is 2.90. The summed E-state index contributed by atoms with van der Waals surface area (Å²) in [6, 6.07) is 3.69. The van der Waals surface area contributed by atoms with E-state index in [1.165, 1.54) is 0 Å². The number of aryl methyl sites for hydroxylation is 1. The molecular weight excluding hydrogens is 161 g/mol. The Morgan fingerprint density at radius 3 is 3.00 bits per heavy atom. The fourth-order valence-electron chi connectivity index (χ4n) is 1.33. The Labute approximate surface area is 77.0 Å². The number of aromatic nitrogens is 2. The van der Waals surface area contributed by atoms with Crippen LogP contribution >= 0.6 is 0 Å². The molecule has 2 aromatic heterocycles. The van der Waals surface area contributed by atoms with E-state index in [0.29, 0.717) is 16.7 Å². The van der Waals surface area contributed by atoms with Gasteiger partial charge in [-0.25, -0.2) is 4.98 Å². The second kappa shape index (κ2) is 2.63. The van der Waals surface area contributed by atoms with Crippen LogP contribution in [-0.4, -0.2) is 17.2 Å². The van der Waals surface area contributed by atoms with E-state index in [-0.39, 0.29) is 0 Å². The molecule has 4 heteroatoms. The first-order valence-corrected chi connectivity index (χ1v) is 3.85. The smallest absolute Gasteiger partial charge is 0.154 e. The average Bonchev–Trinajstić information content (AvgIpc) is 2.43. The summed E-state index contributed by atoms with van der Waals surface area (Å²) in [5.41, 5.74) is 2.62. The highest BCUT2D eigenvalue weighted by atomic mass is 15.0. The van der Waals surface area contributed by atoms with Crippen molar-refractivity contribution >= 4 is 19.0 Å². The number of hydrogen-bond acceptors (Lipinski definition) is 2. The summed E-state index contributed by atoms with van der Waals surface area (Å²) < 4.78 is 1.77. The molecule has 60 valence electrons. The fraction of sp³-hybridized carbons (Fsp3) is 0.111. The van der Waals surface area contributed by atoms with Crippen LogP contribution in [0.15, 0.2) is 18.5 Å². The number of hydrogen-bond donors (Lipinski definition) is 0. The van der Waals surface area contributed by atoms with E-state index in [9.17, 15) is 0 Å². The number of fused-ring (bicyclic) bond motifs is 1. The van der Waals surface area contributed by atoms with Crippen molar-refractivity contribution in [2.75, 3.05) is 0 Å². The van der Waals surface area contributed by atoms with E-state index in [2.05, 4.69) is 11.1 Å². The van der Waals surface area contributed by atoms with Crippen molar-refractivity contribution in [3.8, 4) is 6.07 Å². The molecule has 0 N–H and O–H groups in total. The average molecular weight is 167 g/mol. The Hall–Kier alpha value is -1.76. The van der Waals surface area contributed by atoms with Gasteiger partial charge in [0.15, 0.2) is 5.65 Å². The predicted octanol–water partition coefficient (Wildman–Crippen LogP) is 0.308. The topological polar surface area (TPSA) is 41.1 Å². The third-order valence-electron chi connectivity index (χ3n) is 1.81. The Morgan fingerprint density at radius 1 is 1.54 bits per heavy atom. The second-order valence-corrected chi connectivity index (χ2v) is 2.91. The van der Waals surface area contributed by atoms with Gasteiger partial charge in [-0.3, -0.25) is 0 Å². The van der Waals surface area contributed by atoms with Crippen molar-refractivity contribution in [2.45, 2.75) is 6.92 Å². The summed E-state index contributed by atoms with van der Waals surface area (Å²) in [5.74, 6) is 0. The summed E-state index contributed by atoms with van der Waals surface area (Å²) in [4.78, 5) is 4.21. The van der Waals surface area contributed by atoms with Gasteiger partial charge in [0, 0.05) is 12.4 Å². The number of rotatable bonds is 0. The first-order valence-electron chi connectivity index (χ1n) is 3.85. The molecule has 0 aromatic carbocycles. The molecule has 0 saturated heterocycles. The van der Waals surface area contributed by atoms with Gasteiger partial charge in [0.1, 0.15) is 13.9 Å². The maximum atomic E-state index is 8.81. The van der Waals surface area contributed by atoms with E-state index in [1.807, 2.05) is 13.1 Å². The van der Waals surface area contributed by atoms with Gasteiger partial charge in [-0.05, 0) is 13.0 Å². The molecule has 0 bridgehead atoms. The molecule has 0 aliphatic carbocycles. The quantitative estimate of drug-likeness (QED) is 0.529. The summed E-state index contributed by atoms with van der Waals surface area (Å²) in [6.45, 7) is 1.88. The van der Waals surface area contributed by atoms with Gasteiger partial charge >= 0.3 is 0 Å². The van der Waals surface area contributed by atoms with Gasteiger partial charge in [0.2, 0.25) is 0 Å². The lowest BCUT2D eigenvalue weighted by atomic mass is 9.97. The minimum atomic E-state index is 0.508. The molecule has 0 atom stereocenters. The zero-order valence-electron chi connectivity index (χ0n) is 7.15. The molecule has 0 unspecified atom stereocenters. The molecule has 0 amide bonds. The number of pyridine rings is 1. The van der Waals surface area contributed by atoms with Crippen LogP contribution in [0.2, 0.25) is 0 Å². The predicted molar refractivity (Wildman–Crippen MR) is 50.0 cm³/mol. The van der Waals surface area contributed by atoms with Crippen molar-refractivity contribution < 1.29 is 0 Å². The highest BCUT2D eigenvalue weighted by Crippen LogP contribution is 2.07. The molecule has 2 radical (unpaired) electrons. The fourth-order valence-corrected chi connectivity index (χ4v) is 1.33. The molecule has 0 fully saturated rings. The van der Waals surface area contributed by atoms with Crippen LogP contribution in [0.3, 0.4) is 0 Å². The molecule has 0 spiro atoms. The summed E-state index contributed by atoms with van der Waals surface area (Å²) in [6.07, 6.45) is 3.59. The molecule has 0 aliphatic heterocycles. The molecule has 2 heterocycles. The Morgan fingerprint density at radius 2 is 2.31 bits per heavy atom. The van der Waals surface area contributed by atoms with Crippen molar-refractivity contribution in [1.82, 2.24) is 9.38 Å². The minimum absolute atomic E-state index is 0.508. The first-order chi connectivity index (χ1) is 6.20. The SMILES string of the molecule is [B]c1cc(C#N)c2nc(C)cn2c1. The molecule has 3 nitrogen and oxygen atoms in total. The van der Waals surface area contributed by atoms with Crippen molar-refractivity contribution in [3.63, 3.8) is 0 Å². The molecule has 2 aromatic rings.